The van der Waals surface area contributed by atoms with Crippen molar-refractivity contribution < 1.29 is 34.8 Å². The Morgan fingerprint density at radius 1 is 0.880 bits per heavy atom. The molecule has 25 heavy (non-hydrogen) atoms. The molecule has 4 N–H and O–H groups in total. The average Bonchev–Trinajstić information content (AvgIpc) is 2.57. The van der Waals surface area contributed by atoms with E-state index in [9.17, 15) is 30.0 Å². The minimum Gasteiger partial charge on any atom is -0.504 e. The monoisotopic (exact) mass is 344 g/mol. The largest absolute Gasteiger partial charge is 0.504 e. The summed E-state index contributed by atoms with van der Waals surface area (Å²) in [5.41, 5.74) is 0.949. The molecule has 0 aliphatic heterocycles. The molecule has 0 atom stereocenters. The Labute approximate surface area is 143 Å². The summed E-state index contributed by atoms with van der Waals surface area (Å²) in [5, 5.41) is 37.1. The predicted molar refractivity (Wildman–Crippen MR) is 88.2 cm³/mol. The van der Waals surface area contributed by atoms with Gasteiger partial charge in [0.05, 0.1) is 0 Å². The van der Waals surface area contributed by atoms with E-state index in [0.29, 0.717) is 11.1 Å². The minimum absolute atomic E-state index is 0.0589. The van der Waals surface area contributed by atoms with Gasteiger partial charge >= 0.3 is 5.97 Å². The molecule has 2 aromatic carbocycles. The number of ketones is 1. The molecule has 7 heteroatoms. The van der Waals surface area contributed by atoms with Crippen molar-refractivity contribution in [2.45, 2.75) is 6.42 Å². The lowest BCUT2D eigenvalue weighted by Crippen LogP contribution is -2.14. The SMILES string of the molecule is O=C(COC(=O)C=Cc1ccc(O)c(O)c1)Cc1ccc(O)c(O)c1. The lowest BCUT2D eigenvalue weighted by molar-refractivity contribution is -0.142. The molecule has 2 rings (SSSR count). The smallest absolute Gasteiger partial charge is 0.331 e. The number of carbonyl (C=O) groups is 2. The molecule has 0 heterocycles. The van der Waals surface area contributed by atoms with Crippen LogP contribution in [0.5, 0.6) is 23.0 Å². The number of rotatable bonds is 6. The molecule has 0 bridgehead atoms. The summed E-state index contributed by atoms with van der Waals surface area (Å²) < 4.78 is 4.81. The normalized spacial score (nSPS) is 10.7. The summed E-state index contributed by atoms with van der Waals surface area (Å²) in [6, 6.07) is 8.03. The van der Waals surface area contributed by atoms with Gasteiger partial charge in [0.25, 0.3) is 0 Å². The maximum Gasteiger partial charge on any atom is 0.331 e. The van der Waals surface area contributed by atoms with Gasteiger partial charge in [-0.05, 0) is 41.5 Å². The van der Waals surface area contributed by atoms with Crippen molar-refractivity contribution in [3.05, 3.63) is 53.6 Å². The number of phenols is 4. The third-order valence-corrected chi connectivity index (χ3v) is 3.23. The van der Waals surface area contributed by atoms with Crippen molar-refractivity contribution >= 4 is 17.8 Å². The highest BCUT2D eigenvalue weighted by atomic mass is 16.5. The van der Waals surface area contributed by atoms with Gasteiger partial charge in [-0.3, -0.25) is 4.79 Å². The first-order chi connectivity index (χ1) is 11.8. The van der Waals surface area contributed by atoms with Crippen molar-refractivity contribution in [1.82, 2.24) is 0 Å². The molecule has 130 valence electrons. The summed E-state index contributed by atoms with van der Waals surface area (Å²) >= 11 is 0. The number of hydrogen-bond acceptors (Lipinski definition) is 7. The first kappa shape index (κ1) is 17.9. The molecule has 0 aromatic heterocycles. The lowest BCUT2D eigenvalue weighted by atomic mass is 10.1. The average molecular weight is 344 g/mol. The topological polar surface area (TPSA) is 124 Å². The number of esters is 1. The van der Waals surface area contributed by atoms with Crippen LogP contribution in [0.15, 0.2) is 42.5 Å². The molecule has 0 amide bonds. The summed E-state index contributed by atoms with van der Waals surface area (Å²) in [6.07, 6.45) is 2.39. The number of aromatic hydroxyl groups is 4. The lowest BCUT2D eigenvalue weighted by Gasteiger charge is -2.04. The van der Waals surface area contributed by atoms with Crippen LogP contribution in [0.25, 0.3) is 6.08 Å². The number of phenolic OH excluding ortho intramolecular Hbond substituents is 4. The van der Waals surface area contributed by atoms with Crippen molar-refractivity contribution in [3.63, 3.8) is 0 Å². The van der Waals surface area contributed by atoms with E-state index in [1.54, 1.807) is 0 Å². The number of carbonyl (C=O) groups excluding carboxylic acids is 2. The highest BCUT2D eigenvalue weighted by Crippen LogP contribution is 2.26. The van der Waals surface area contributed by atoms with Crippen LogP contribution >= 0.6 is 0 Å². The van der Waals surface area contributed by atoms with Crippen LogP contribution in [-0.2, 0) is 20.7 Å². The Morgan fingerprint density at radius 3 is 2.16 bits per heavy atom. The Bertz CT molecular complexity index is 824. The van der Waals surface area contributed by atoms with Gasteiger partial charge in [-0.15, -0.1) is 0 Å². The molecule has 0 saturated carbocycles. The highest BCUT2D eigenvalue weighted by molar-refractivity contribution is 5.90. The molecular formula is C18H16O7. The molecule has 0 radical (unpaired) electrons. The first-order valence-electron chi connectivity index (χ1n) is 7.24. The van der Waals surface area contributed by atoms with Gasteiger partial charge in [0, 0.05) is 12.5 Å². The molecule has 0 spiro atoms. The van der Waals surface area contributed by atoms with Gasteiger partial charge in [0.1, 0.15) is 0 Å². The number of benzene rings is 2. The van der Waals surface area contributed by atoms with E-state index >= 15 is 0 Å². The van der Waals surface area contributed by atoms with E-state index in [0.717, 1.165) is 6.08 Å². The zero-order valence-corrected chi connectivity index (χ0v) is 13.0. The minimum atomic E-state index is -0.741. The maximum atomic E-state index is 11.8. The van der Waals surface area contributed by atoms with Crippen molar-refractivity contribution in [2.24, 2.45) is 0 Å². The van der Waals surface area contributed by atoms with Crippen molar-refractivity contribution in [1.29, 1.82) is 0 Å². The summed E-state index contributed by atoms with van der Waals surface area (Å²) in [5.74, 6) is -2.33. The number of hydrogen-bond donors (Lipinski definition) is 4. The molecule has 7 nitrogen and oxygen atoms in total. The van der Waals surface area contributed by atoms with Gasteiger partial charge in [-0.2, -0.15) is 0 Å². The molecule has 0 fully saturated rings. The van der Waals surface area contributed by atoms with Crippen LogP contribution in [0, 0.1) is 0 Å². The standard InChI is InChI=1S/C18H16O7/c19-13(7-12-2-5-15(21)17(23)9-12)10-25-18(24)6-3-11-1-4-14(20)16(22)8-11/h1-6,8-9,20-23H,7,10H2. The second-order valence-corrected chi connectivity index (χ2v) is 5.23. The van der Waals surface area contributed by atoms with E-state index in [2.05, 4.69) is 0 Å². The number of Topliss-reactive ketones (excluding diaryl/α,β-unsaturated/α-hetero) is 1. The molecule has 0 aliphatic carbocycles. The van der Waals surface area contributed by atoms with Crippen LogP contribution in [0.2, 0.25) is 0 Å². The second kappa shape index (κ2) is 7.87. The van der Waals surface area contributed by atoms with Crippen LogP contribution in [0.4, 0.5) is 0 Å². The van der Waals surface area contributed by atoms with Gasteiger partial charge in [0.15, 0.2) is 35.4 Å². The van der Waals surface area contributed by atoms with Crippen LogP contribution in [-0.4, -0.2) is 38.8 Å². The van der Waals surface area contributed by atoms with Gasteiger partial charge in [-0.1, -0.05) is 12.1 Å². The Balaban J connectivity index is 1.84. The zero-order chi connectivity index (χ0) is 18.4. The first-order valence-corrected chi connectivity index (χ1v) is 7.24. The van der Waals surface area contributed by atoms with E-state index in [1.165, 1.54) is 42.5 Å². The summed E-state index contributed by atoms with van der Waals surface area (Å²) in [6.45, 7) is -0.439. The molecule has 0 aliphatic rings. The Kier molecular flexibility index (Phi) is 5.62. The van der Waals surface area contributed by atoms with Crippen LogP contribution < -0.4 is 0 Å². The van der Waals surface area contributed by atoms with Crippen molar-refractivity contribution in [3.8, 4) is 23.0 Å². The summed E-state index contributed by atoms with van der Waals surface area (Å²) in [4.78, 5) is 23.3. The van der Waals surface area contributed by atoms with Crippen molar-refractivity contribution in [2.75, 3.05) is 6.61 Å². The fourth-order valence-corrected chi connectivity index (χ4v) is 1.97. The molecule has 2 aromatic rings. The van der Waals surface area contributed by atoms with Gasteiger partial charge in [-0.25, -0.2) is 4.79 Å². The molecule has 0 unspecified atom stereocenters. The van der Waals surface area contributed by atoms with Gasteiger partial charge in [0.2, 0.25) is 0 Å². The Hall–Kier alpha value is -3.48. The Morgan fingerprint density at radius 2 is 1.52 bits per heavy atom. The fourth-order valence-electron chi connectivity index (χ4n) is 1.97. The third kappa shape index (κ3) is 5.28. The van der Waals surface area contributed by atoms with E-state index in [-0.39, 0.29) is 35.2 Å². The summed E-state index contributed by atoms with van der Waals surface area (Å²) in [7, 11) is 0. The maximum absolute atomic E-state index is 11.8. The highest BCUT2D eigenvalue weighted by Gasteiger charge is 2.09. The number of ether oxygens (including phenoxy) is 1. The quantitative estimate of drug-likeness (QED) is 0.358. The van der Waals surface area contributed by atoms with E-state index in [4.69, 9.17) is 4.74 Å². The molecular weight excluding hydrogens is 328 g/mol. The zero-order valence-electron chi connectivity index (χ0n) is 13.0. The van der Waals surface area contributed by atoms with Gasteiger partial charge < -0.3 is 25.2 Å². The fraction of sp³-hybridized carbons (Fsp3) is 0.111. The van der Waals surface area contributed by atoms with E-state index < -0.39 is 12.6 Å². The third-order valence-electron chi connectivity index (χ3n) is 3.23. The van der Waals surface area contributed by atoms with Crippen LogP contribution in [0.3, 0.4) is 0 Å². The van der Waals surface area contributed by atoms with E-state index in [1.807, 2.05) is 0 Å². The molecule has 0 saturated heterocycles. The predicted octanol–water partition coefficient (Wildman–Crippen LogP) is 1.88. The second-order valence-electron chi connectivity index (χ2n) is 5.23. The van der Waals surface area contributed by atoms with Crippen LogP contribution in [0.1, 0.15) is 11.1 Å².